The van der Waals surface area contributed by atoms with E-state index in [0.29, 0.717) is 11.7 Å². The zero-order valence-corrected chi connectivity index (χ0v) is 12.6. The first kappa shape index (κ1) is 14.3. The van der Waals surface area contributed by atoms with Gasteiger partial charge in [0.25, 0.3) is 5.91 Å². The van der Waals surface area contributed by atoms with Crippen LogP contribution in [-0.4, -0.2) is 39.9 Å². The molecule has 0 aromatic carbocycles. The van der Waals surface area contributed by atoms with Crippen LogP contribution in [0.5, 0.6) is 0 Å². The van der Waals surface area contributed by atoms with Gasteiger partial charge in [-0.1, -0.05) is 19.3 Å². The number of nitrogens with one attached hydrogen (secondary N) is 1. The molecule has 0 atom stereocenters. The maximum absolute atomic E-state index is 12.5. The second-order valence-corrected chi connectivity index (χ2v) is 6.12. The van der Waals surface area contributed by atoms with E-state index in [9.17, 15) is 4.79 Å². The van der Waals surface area contributed by atoms with Crippen molar-refractivity contribution in [2.24, 2.45) is 0 Å². The van der Waals surface area contributed by atoms with Crippen LogP contribution in [0.15, 0.2) is 12.4 Å². The number of rotatable bonds is 3. The number of carbonyl (C=O) groups excluding carboxylic acids is 1. The quantitative estimate of drug-likeness (QED) is 0.929. The summed E-state index contributed by atoms with van der Waals surface area (Å²) in [6.07, 6.45) is 11.2. The molecule has 1 amide bonds. The molecule has 1 saturated heterocycles. The van der Waals surface area contributed by atoms with Crippen molar-refractivity contribution in [3.05, 3.63) is 18.1 Å². The van der Waals surface area contributed by atoms with Gasteiger partial charge in [-0.15, -0.1) is 0 Å². The fraction of sp³-hybridized carbons (Fsp3) is 0.688. The number of nitrogens with zero attached hydrogens (tertiary/aromatic N) is 3. The lowest BCUT2D eigenvalue weighted by Gasteiger charge is -2.26. The molecule has 1 N–H and O–H groups in total. The third kappa shape index (κ3) is 3.71. The number of anilines is 1. The number of hydrogen-bond donors (Lipinski definition) is 1. The number of carbonyl (C=O) groups is 1. The molecule has 0 radical (unpaired) electrons. The second kappa shape index (κ2) is 6.87. The zero-order chi connectivity index (χ0) is 14.5. The van der Waals surface area contributed by atoms with Crippen molar-refractivity contribution in [2.45, 2.75) is 57.4 Å². The van der Waals surface area contributed by atoms with Crippen LogP contribution in [0.2, 0.25) is 0 Å². The minimum absolute atomic E-state index is 0.0452. The van der Waals surface area contributed by atoms with Gasteiger partial charge in [-0.3, -0.25) is 4.79 Å². The third-order valence-corrected chi connectivity index (χ3v) is 4.49. The Morgan fingerprint density at radius 1 is 1.05 bits per heavy atom. The minimum Gasteiger partial charge on any atom is -0.367 e. The van der Waals surface area contributed by atoms with Gasteiger partial charge < -0.3 is 10.2 Å². The summed E-state index contributed by atoms with van der Waals surface area (Å²) in [5.74, 6) is 0.834. The van der Waals surface area contributed by atoms with Gasteiger partial charge in [0, 0.05) is 25.2 Å². The van der Waals surface area contributed by atoms with Crippen LogP contribution in [0, 0.1) is 0 Å². The van der Waals surface area contributed by atoms with Gasteiger partial charge in [0.15, 0.2) is 0 Å². The van der Waals surface area contributed by atoms with E-state index in [-0.39, 0.29) is 5.91 Å². The predicted molar refractivity (Wildman–Crippen MR) is 82.3 cm³/mol. The van der Waals surface area contributed by atoms with E-state index in [1.165, 1.54) is 44.9 Å². The molecule has 1 aromatic heterocycles. The summed E-state index contributed by atoms with van der Waals surface area (Å²) in [4.78, 5) is 22.8. The van der Waals surface area contributed by atoms with Crippen molar-refractivity contribution in [1.29, 1.82) is 0 Å². The van der Waals surface area contributed by atoms with Crippen LogP contribution in [0.3, 0.4) is 0 Å². The van der Waals surface area contributed by atoms with Crippen molar-refractivity contribution in [2.75, 3.05) is 18.4 Å². The summed E-state index contributed by atoms with van der Waals surface area (Å²) in [5, 5.41) is 3.46. The van der Waals surface area contributed by atoms with E-state index < -0.39 is 0 Å². The lowest BCUT2D eigenvalue weighted by Crippen LogP contribution is -2.36. The van der Waals surface area contributed by atoms with Gasteiger partial charge >= 0.3 is 0 Å². The SMILES string of the molecule is O=C(c1cc(NC2CCCCC2)ncn1)N1CCCCC1. The molecule has 1 saturated carbocycles. The van der Waals surface area contributed by atoms with Crippen LogP contribution in [0.4, 0.5) is 5.82 Å². The fourth-order valence-corrected chi connectivity index (χ4v) is 3.27. The molecule has 1 aliphatic heterocycles. The lowest BCUT2D eigenvalue weighted by molar-refractivity contribution is 0.0718. The van der Waals surface area contributed by atoms with Gasteiger partial charge in [-0.2, -0.15) is 0 Å². The molecule has 3 rings (SSSR count). The fourth-order valence-electron chi connectivity index (χ4n) is 3.27. The Balaban J connectivity index is 1.65. The summed E-state index contributed by atoms with van der Waals surface area (Å²) in [7, 11) is 0. The molecular formula is C16H24N4O. The van der Waals surface area contributed by atoms with Gasteiger partial charge in [-0.25, -0.2) is 9.97 Å². The highest BCUT2D eigenvalue weighted by Gasteiger charge is 2.20. The first-order valence-electron chi connectivity index (χ1n) is 8.21. The number of aromatic nitrogens is 2. The van der Waals surface area contributed by atoms with E-state index >= 15 is 0 Å². The number of amides is 1. The molecule has 0 spiro atoms. The lowest BCUT2D eigenvalue weighted by atomic mass is 9.95. The number of likely N-dealkylation sites (tertiary alicyclic amines) is 1. The van der Waals surface area contributed by atoms with Gasteiger partial charge in [0.1, 0.15) is 17.8 Å². The molecule has 2 heterocycles. The van der Waals surface area contributed by atoms with Crippen LogP contribution in [0.1, 0.15) is 61.9 Å². The van der Waals surface area contributed by atoms with Gasteiger partial charge in [-0.05, 0) is 32.1 Å². The maximum Gasteiger partial charge on any atom is 0.272 e. The Hall–Kier alpha value is -1.65. The van der Waals surface area contributed by atoms with Gasteiger partial charge in [0.05, 0.1) is 0 Å². The Labute approximate surface area is 126 Å². The molecule has 1 aromatic rings. The molecular weight excluding hydrogens is 264 g/mol. The van der Waals surface area contributed by atoms with Crippen LogP contribution in [-0.2, 0) is 0 Å². The number of hydrogen-bond acceptors (Lipinski definition) is 4. The smallest absolute Gasteiger partial charge is 0.272 e. The van der Waals surface area contributed by atoms with E-state index in [1.807, 2.05) is 11.0 Å². The molecule has 2 aliphatic rings. The van der Waals surface area contributed by atoms with Crippen molar-refractivity contribution in [3.63, 3.8) is 0 Å². The summed E-state index contributed by atoms with van der Waals surface area (Å²) < 4.78 is 0. The maximum atomic E-state index is 12.5. The molecule has 5 nitrogen and oxygen atoms in total. The Bertz CT molecular complexity index is 479. The van der Waals surface area contributed by atoms with Crippen LogP contribution in [0.25, 0.3) is 0 Å². The van der Waals surface area contributed by atoms with Crippen LogP contribution >= 0.6 is 0 Å². The number of piperidine rings is 1. The molecule has 5 heteroatoms. The van der Waals surface area contributed by atoms with Crippen molar-refractivity contribution >= 4 is 11.7 Å². The molecule has 1 aliphatic carbocycles. The largest absolute Gasteiger partial charge is 0.367 e. The third-order valence-electron chi connectivity index (χ3n) is 4.49. The van der Waals surface area contributed by atoms with Crippen molar-refractivity contribution < 1.29 is 4.79 Å². The monoisotopic (exact) mass is 288 g/mol. The predicted octanol–water partition coefficient (Wildman–Crippen LogP) is 2.85. The summed E-state index contributed by atoms with van der Waals surface area (Å²) in [6, 6.07) is 2.30. The van der Waals surface area contributed by atoms with Crippen molar-refractivity contribution in [3.8, 4) is 0 Å². The Morgan fingerprint density at radius 3 is 2.52 bits per heavy atom. The Kier molecular flexibility index (Phi) is 4.68. The zero-order valence-electron chi connectivity index (χ0n) is 12.6. The highest BCUT2D eigenvalue weighted by atomic mass is 16.2. The first-order chi connectivity index (χ1) is 10.3. The molecule has 21 heavy (non-hydrogen) atoms. The average molecular weight is 288 g/mol. The minimum atomic E-state index is 0.0452. The highest BCUT2D eigenvalue weighted by molar-refractivity contribution is 5.92. The summed E-state index contributed by atoms with van der Waals surface area (Å²) in [5.41, 5.74) is 0.519. The molecule has 2 fully saturated rings. The molecule has 0 bridgehead atoms. The summed E-state index contributed by atoms with van der Waals surface area (Å²) in [6.45, 7) is 1.71. The first-order valence-corrected chi connectivity index (χ1v) is 8.21. The molecule has 0 unspecified atom stereocenters. The second-order valence-electron chi connectivity index (χ2n) is 6.12. The van der Waals surface area contributed by atoms with E-state index in [0.717, 1.165) is 31.7 Å². The average Bonchev–Trinajstić information content (AvgIpc) is 2.56. The summed E-state index contributed by atoms with van der Waals surface area (Å²) >= 11 is 0. The Morgan fingerprint density at radius 2 is 1.76 bits per heavy atom. The topological polar surface area (TPSA) is 58.1 Å². The normalized spacial score (nSPS) is 20.3. The van der Waals surface area contributed by atoms with Crippen molar-refractivity contribution in [1.82, 2.24) is 14.9 Å². The van der Waals surface area contributed by atoms with Crippen LogP contribution < -0.4 is 5.32 Å². The highest BCUT2D eigenvalue weighted by Crippen LogP contribution is 2.21. The van der Waals surface area contributed by atoms with E-state index in [4.69, 9.17) is 0 Å². The van der Waals surface area contributed by atoms with E-state index in [2.05, 4.69) is 15.3 Å². The standard InChI is InChI=1S/C16H24N4O/c21-16(20-9-5-2-6-10-20)14-11-15(18-12-17-14)19-13-7-3-1-4-8-13/h11-13H,1-10H2,(H,17,18,19). The van der Waals surface area contributed by atoms with Gasteiger partial charge in [0.2, 0.25) is 0 Å². The molecule has 114 valence electrons. The van der Waals surface area contributed by atoms with E-state index in [1.54, 1.807) is 0 Å².